The maximum absolute atomic E-state index is 13.9. The van der Waals surface area contributed by atoms with Gasteiger partial charge in [0.05, 0.1) is 11.1 Å². The van der Waals surface area contributed by atoms with Gasteiger partial charge in [0.15, 0.2) is 29.0 Å². The van der Waals surface area contributed by atoms with Crippen LogP contribution >= 0.6 is 23.2 Å². The van der Waals surface area contributed by atoms with Crippen molar-refractivity contribution < 1.29 is 36.2 Å². The molecular weight excluding hydrogens is 490 g/mol. The zero-order chi connectivity index (χ0) is 24.0. The molecule has 1 heterocycles. The van der Waals surface area contributed by atoms with E-state index in [0.29, 0.717) is 21.2 Å². The highest BCUT2D eigenvalue weighted by Crippen LogP contribution is 2.39. The predicted molar refractivity (Wildman–Crippen MR) is 111 cm³/mol. The van der Waals surface area contributed by atoms with Crippen LogP contribution in [0.2, 0.25) is 10.0 Å². The van der Waals surface area contributed by atoms with E-state index in [1.54, 1.807) is 25.1 Å². The molecule has 0 atom stereocenters. The van der Waals surface area contributed by atoms with Crippen LogP contribution in [0.25, 0.3) is 6.08 Å². The Morgan fingerprint density at radius 3 is 2.12 bits per heavy atom. The minimum absolute atomic E-state index is 0.0139. The molecule has 0 N–H and O–H groups in total. The summed E-state index contributed by atoms with van der Waals surface area (Å²) in [5, 5.41) is 0.594. The maximum Gasteiger partial charge on any atom is 0.232 e. The van der Waals surface area contributed by atoms with Crippen LogP contribution in [0.5, 0.6) is 11.5 Å². The Hall–Kier alpha value is -3.10. The van der Waals surface area contributed by atoms with E-state index in [0.717, 1.165) is 0 Å². The molecule has 170 valence electrons. The van der Waals surface area contributed by atoms with Crippen molar-refractivity contribution in [2.24, 2.45) is 0 Å². The minimum Gasteiger partial charge on any atom is -0.489 e. The van der Waals surface area contributed by atoms with Gasteiger partial charge >= 0.3 is 0 Å². The highest BCUT2D eigenvalue weighted by Gasteiger charge is 2.31. The fourth-order valence-electron chi connectivity index (χ4n) is 3.27. The van der Waals surface area contributed by atoms with E-state index in [4.69, 9.17) is 32.7 Å². The van der Waals surface area contributed by atoms with Crippen LogP contribution in [-0.4, -0.2) is 5.78 Å². The van der Waals surface area contributed by atoms with E-state index in [-0.39, 0.29) is 22.8 Å². The highest BCUT2D eigenvalue weighted by atomic mass is 35.5. The fraction of sp³-hybridized carbons (Fsp3) is 0.0870. The van der Waals surface area contributed by atoms with E-state index >= 15 is 0 Å². The van der Waals surface area contributed by atoms with Gasteiger partial charge in [0.25, 0.3) is 0 Å². The van der Waals surface area contributed by atoms with Crippen molar-refractivity contribution in [2.75, 3.05) is 0 Å². The Morgan fingerprint density at radius 1 is 0.939 bits per heavy atom. The number of benzene rings is 3. The first-order chi connectivity index (χ1) is 15.6. The van der Waals surface area contributed by atoms with Crippen molar-refractivity contribution in [1.29, 1.82) is 0 Å². The first-order valence-electron chi connectivity index (χ1n) is 9.26. The van der Waals surface area contributed by atoms with Crippen molar-refractivity contribution in [2.45, 2.75) is 13.5 Å². The van der Waals surface area contributed by atoms with Crippen LogP contribution in [0.3, 0.4) is 0 Å². The number of Topliss-reactive ketones (excluding diaryl/α,β-unsaturated/α-hetero) is 1. The molecule has 0 bridgehead atoms. The number of rotatable bonds is 4. The summed E-state index contributed by atoms with van der Waals surface area (Å²) in [5.41, 5.74) is -0.139. The average molecular weight is 501 g/mol. The lowest BCUT2D eigenvalue weighted by atomic mass is 10.0. The minimum atomic E-state index is -2.26. The molecule has 0 radical (unpaired) electrons. The van der Waals surface area contributed by atoms with E-state index in [2.05, 4.69) is 0 Å². The Morgan fingerprint density at radius 2 is 1.52 bits per heavy atom. The van der Waals surface area contributed by atoms with Crippen LogP contribution in [0.1, 0.15) is 27.0 Å². The normalized spacial score (nSPS) is 13.9. The van der Waals surface area contributed by atoms with Gasteiger partial charge in [-0.2, -0.15) is 0 Å². The summed E-state index contributed by atoms with van der Waals surface area (Å²) < 4.78 is 78.6. The van der Waals surface area contributed by atoms with Crippen molar-refractivity contribution in [3.63, 3.8) is 0 Å². The molecule has 0 aliphatic carbocycles. The summed E-state index contributed by atoms with van der Waals surface area (Å²) in [6.07, 6.45) is 1.38. The van der Waals surface area contributed by atoms with Gasteiger partial charge in [-0.15, -0.1) is 0 Å². The van der Waals surface area contributed by atoms with E-state index in [1.807, 2.05) is 0 Å². The second-order valence-corrected chi connectivity index (χ2v) is 7.84. The largest absolute Gasteiger partial charge is 0.489 e. The van der Waals surface area contributed by atoms with Crippen molar-refractivity contribution >= 4 is 35.1 Å². The summed E-state index contributed by atoms with van der Waals surface area (Å²) in [7, 11) is 0. The smallest absolute Gasteiger partial charge is 0.232 e. The monoisotopic (exact) mass is 500 g/mol. The third-order valence-electron chi connectivity index (χ3n) is 4.90. The van der Waals surface area contributed by atoms with Crippen LogP contribution in [0, 0.1) is 36.0 Å². The Balaban J connectivity index is 1.64. The predicted octanol–water partition coefficient (Wildman–Crippen LogP) is 7.19. The van der Waals surface area contributed by atoms with E-state index in [1.165, 1.54) is 18.2 Å². The van der Waals surface area contributed by atoms with Crippen LogP contribution in [0.15, 0.2) is 36.1 Å². The molecule has 0 amide bonds. The maximum atomic E-state index is 13.9. The highest BCUT2D eigenvalue weighted by molar-refractivity contribution is 6.37. The number of fused-ring (bicyclic) bond motifs is 1. The molecule has 4 rings (SSSR count). The van der Waals surface area contributed by atoms with Gasteiger partial charge in [0, 0.05) is 21.7 Å². The zero-order valence-electron chi connectivity index (χ0n) is 16.5. The SMILES string of the molecule is Cc1cc(OCc2c(F)c(F)c(F)c(F)c2F)cc2c1C(=O)/C(=C/c1c(Cl)cccc1Cl)O2. The number of aryl methyl sites for hydroxylation is 1. The van der Waals surface area contributed by atoms with Gasteiger partial charge in [0.2, 0.25) is 11.6 Å². The zero-order valence-corrected chi connectivity index (χ0v) is 18.1. The second-order valence-electron chi connectivity index (χ2n) is 7.03. The lowest BCUT2D eigenvalue weighted by molar-refractivity contribution is 0.101. The topological polar surface area (TPSA) is 35.5 Å². The Kier molecular flexibility index (Phi) is 6.07. The molecule has 1 aliphatic rings. The third kappa shape index (κ3) is 4.05. The number of carbonyl (C=O) groups excluding carboxylic acids is 1. The first-order valence-corrected chi connectivity index (χ1v) is 10.0. The number of halogens is 7. The van der Waals surface area contributed by atoms with Gasteiger partial charge in [-0.1, -0.05) is 29.3 Å². The molecule has 3 aromatic carbocycles. The molecule has 3 aromatic rings. The summed E-state index contributed by atoms with van der Waals surface area (Å²) in [6.45, 7) is 0.618. The molecule has 1 aliphatic heterocycles. The molecule has 10 heteroatoms. The lowest BCUT2D eigenvalue weighted by Crippen LogP contribution is -2.10. The Bertz CT molecular complexity index is 1310. The molecule has 0 aromatic heterocycles. The third-order valence-corrected chi connectivity index (χ3v) is 5.56. The van der Waals surface area contributed by atoms with Gasteiger partial charge < -0.3 is 9.47 Å². The number of carbonyl (C=O) groups is 1. The molecule has 33 heavy (non-hydrogen) atoms. The van der Waals surface area contributed by atoms with E-state index < -0.39 is 47.0 Å². The number of ether oxygens (including phenoxy) is 2. The standard InChI is InChI=1S/C23H11Cl2F5O3/c1-9-5-10(32-8-12-18(26)20(28)22(30)21(29)19(12)27)6-15-17(9)23(31)16(33-15)7-11-13(24)3-2-4-14(11)25/h2-7H,8H2,1H3/b16-7-. The van der Waals surface area contributed by atoms with Gasteiger partial charge in [-0.3, -0.25) is 4.79 Å². The van der Waals surface area contributed by atoms with Gasteiger partial charge in [-0.25, -0.2) is 22.0 Å². The summed E-state index contributed by atoms with van der Waals surface area (Å²) in [4.78, 5) is 12.8. The van der Waals surface area contributed by atoms with E-state index in [9.17, 15) is 26.7 Å². The molecule has 0 unspecified atom stereocenters. The number of allylic oxidation sites excluding steroid dienone is 1. The Labute approximate surface area is 193 Å². The molecule has 0 spiro atoms. The fourth-order valence-corrected chi connectivity index (χ4v) is 3.78. The first kappa shape index (κ1) is 23.1. The van der Waals surface area contributed by atoms with Crippen molar-refractivity contribution in [1.82, 2.24) is 0 Å². The van der Waals surface area contributed by atoms with Crippen molar-refractivity contribution in [3.05, 3.63) is 97.5 Å². The van der Waals surface area contributed by atoms with Gasteiger partial charge in [-0.05, 0) is 36.8 Å². The molecular formula is C23H11Cl2F5O3. The van der Waals surface area contributed by atoms with Crippen LogP contribution in [-0.2, 0) is 6.61 Å². The summed E-state index contributed by atoms with van der Waals surface area (Å²) in [6, 6.07) is 7.45. The average Bonchev–Trinajstić information content (AvgIpc) is 3.09. The van der Waals surface area contributed by atoms with Gasteiger partial charge in [0.1, 0.15) is 18.1 Å². The number of hydrogen-bond acceptors (Lipinski definition) is 3. The number of ketones is 1. The van der Waals surface area contributed by atoms with Crippen LogP contribution in [0.4, 0.5) is 22.0 Å². The molecule has 0 saturated heterocycles. The van der Waals surface area contributed by atoms with Crippen molar-refractivity contribution in [3.8, 4) is 11.5 Å². The molecule has 3 nitrogen and oxygen atoms in total. The summed E-state index contributed by atoms with van der Waals surface area (Å²) in [5.74, 6) is -10.8. The molecule has 0 saturated carbocycles. The second kappa shape index (κ2) is 8.68. The number of hydrogen-bond donors (Lipinski definition) is 0. The lowest BCUT2D eigenvalue weighted by Gasteiger charge is -2.11. The summed E-state index contributed by atoms with van der Waals surface area (Å²) >= 11 is 12.3. The van der Waals surface area contributed by atoms with Crippen LogP contribution < -0.4 is 9.47 Å². The molecule has 0 fully saturated rings. The quantitative estimate of drug-likeness (QED) is 0.164.